The highest BCUT2D eigenvalue weighted by molar-refractivity contribution is 5.85. The summed E-state index contributed by atoms with van der Waals surface area (Å²) < 4.78 is 5.86. The number of hydrogen-bond acceptors (Lipinski definition) is 2. The standard InChI is InChI=1S/C20H19NO/c1-20(2,3)15-8-9-17-13(11-15)10-14-12-22-18-7-5-4-6-16(18)19(14)21-17/h4-11H,12H2,1-3H3. The largest absolute Gasteiger partial charge is 0.488 e. The van der Waals surface area contributed by atoms with E-state index in [9.17, 15) is 0 Å². The number of rotatable bonds is 0. The van der Waals surface area contributed by atoms with Gasteiger partial charge in [0.05, 0.1) is 11.2 Å². The Balaban J connectivity index is 1.94. The molecule has 0 fully saturated rings. The third kappa shape index (κ3) is 2.07. The molecule has 1 aromatic heterocycles. The Labute approximate surface area is 130 Å². The monoisotopic (exact) mass is 289 g/mol. The lowest BCUT2D eigenvalue weighted by molar-refractivity contribution is 0.302. The van der Waals surface area contributed by atoms with E-state index in [4.69, 9.17) is 9.72 Å². The maximum atomic E-state index is 5.86. The number of benzene rings is 2. The van der Waals surface area contributed by atoms with Gasteiger partial charge in [-0.25, -0.2) is 4.98 Å². The highest BCUT2D eigenvalue weighted by Gasteiger charge is 2.20. The number of para-hydroxylation sites is 1. The Kier molecular flexibility index (Phi) is 2.77. The van der Waals surface area contributed by atoms with E-state index in [1.807, 2.05) is 18.2 Å². The van der Waals surface area contributed by atoms with Crippen molar-refractivity contribution in [2.24, 2.45) is 0 Å². The molecular formula is C20H19NO. The minimum absolute atomic E-state index is 0.146. The summed E-state index contributed by atoms with van der Waals surface area (Å²) in [5.74, 6) is 0.924. The average molecular weight is 289 g/mol. The van der Waals surface area contributed by atoms with Crippen LogP contribution in [0.25, 0.3) is 22.2 Å². The second kappa shape index (κ2) is 4.57. The topological polar surface area (TPSA) is 22.1 Å². The zero-order valence-electron chi connectivity index (χ0n) is 13.2. The lowest BCUT2D eigenvalue weighted by Crippen LogP contribution is -2.11. The van der Waals surface area contributed by atoms with Gasteiger partial charge in [-0.3, -0.25) is 0 Å². The summed E-state index contributed by atoms with van der Waals surface area (Å²) in [4.78, 5) is 4.90. The summed E-state index contributed by atoms with van der Waals surface area (Å²) >= 11 is 0. The summed E-state index contributed by atoms with van der Waals surface area (Å²) in [6.45, 7) is 7.30. The van der Waals surface area contributed by atoms with E-state index in [2.05, 4.69) is 51.1 Å². The number of pyridine rings is 1. The zero-order valence-corrected chi connectivity index (χ0v) is 13.2. The molecule has 0 saturated carbocycles. The summed E-state index contributed by atoms with van der Waals surface area (Å²) in [5.41, 5.74) is 5.83. The molecule has 1 aliphatic rings. The highest BCUT2D eigenvalue weighted by Crippen LogP contribution is 2.37. The summed E-state index contributed by atoms with van der Waals surface area (Å²) in [5, 5.41) is 1.19. The first-order chi connectivity index (χ1) is 10.5. The van der Waals surface area contributed by atoms with Gasteiger partial charge in [0.1, 0.15) is 12.4 Å². The van der Waals surface area contributed by atoms with Gasteiger partial charge < -0.3 is 4.74 Å². The first-order valence-corrected chi connectivity index (χ1v) is 7.69. The van der Waals surface area contributed by atoms with E-state index < -0.39 is 0 Å². The lowest BCUT2D eigenvalue weighted by atomic mass is 9.86. The molecular weight excluding hydrogens is 270 g/mol. The van der Waals surface area contributed by atoms with Crippen molar-refractivity contribution >= 4 is 10.9 Å². The molecule has 0 N–H and O–H groups in total. The van der Waals surface area contributed by atoms with Gasteiger partial charge in [-0.1, -0.05) is 39.0 Å². The van der Waals surface area contributed by atoms with E-state index in [1.54, 1.807) is 0 Å². The van der Waals surface area contributed by atoms with Crippen LogP contribution >= 0.6 is 0 Å². The van der Waals surface area contributed by atoms with Crippen LogP contribution in [-0.4, -0.2) is 4.98 Å². The maximum Gasteiger partial charge on any atom is 0.129 e. The Morgan fingerprint density at radius 3 is 2.64 bits per heavy atom. The molecule has 0 amide bonds. The SMILES string of the molecule is CC(C)(C)c1ccc2nc3c(cc2c1)COc1ccccc1-3. The van der Waals surface area contributed by atoms with Crippen LogP contribution in [0.5, 0.6) is 5.75 Å². The van der Waals surface area contributed by atoms with Crippen LogP contribution in [0, 0.1) is 0 Å². The van der Waals surface area contributed by atoms with Crippen LogP contribution in [0.4, 0.5) is 0 Å². The second-order valence-electron chi connectivity index (χ2n) is 6.94. The van der Waals surface area contributed by atoms with Crippen LogP contribution in [0.15, 0.2) is 48.5 Å². The number of fused-ring (bicyclic) bond motifs is 4. The van der Waals surface area contributed by atoms with Gasteiger partial charge in [0.25, 0.3) is 0 Å². The Morgan fingerprint density at radius 2 is 1.82 bits per heavy atom. The van der Waals surface area contributed by atoms with Crippen LogP contribution in [0.3, 0.4) is 0 Å². The van der Waals surface area contributed by atoms with E-state index in [-0.39, 0.29) is 5.41 Å². The summed E-state index contributed by atoms with van der Waals surface area (Å²) in [6.07, 6.45) is 0. The normalized spacial score (nSPS) is 13.4. The molecule has 1 aliphatic heterocycles. The third-order valence-electron chi connectivity index (χ3n) is 4.29. The zero-order chi connectivity index (χ0) is 15.3. The minimum atomic E-state index is 0.146. The third-order valence-corrected chi connectivity index (χ3v) is 4.29. The predicted molar refractivity (Wildman–Crippen MR) is 90.2 cm³/mol. The van der Waals surface area contributed by atoms with Crippen LogP contribution in [0.1, 0.15) is 31.9 Å². The fourth-order valence-corrected chi connectivity index (χ4v) is 2.97. The van der Waals surface area contributed by atoms with Gasteiger partial charge >= 0.3 is 0 Å². The van der Waals surface area contributed by atoms with Crippen LogP contribution in [-0.2, 0) is 12.0 Å². The molecule has 4 rings (SSSR count). The molecule has 110 valence electrons. The van der Waals surface area contributed by atoms with Crippen molar-refractivity contribution in [3.05, 3.63) is 59.7 Å². The number of aromatic nitrogens is 1. The van der Waals surface area contributed by atoms with Crippen molar-refractivity contribution in [3.8, 4) is 17.0 Å². The Morgan fingerprint density at radius 1 is 1.00 bits per heavy atom. The van der Waals surface area contributed by atoms with Gasteiger partial charge in [-0.05, 0) is 41.3 Å². The Bertz CT molecular complexity index is 874. The quantitative estimate of drug-likeness (QED) is 0.575. The Hall–Kier alpha value is -2.35. The minimum Gasteiger partial charge on any atom is -0.488 e. The predicted octanol–water partition coefficient (Wildman–Crippen LogP) is 5.09. The summed E-state index contributed by atoms with van der Waals surface area (Å²) in [7, 11) is 0. The molecule has 0 atom stereocenters. The highest BCUT2D eigenvalue weighted by atomic mass is 16.5. The van der Waals surface area contributed by atoms with Crippen molar-refractivity contribution in [2.75, 3.05) is 0 Å². The lowest BCUT2D eigenvalue weighted by Gasteiger charge is -2.22. The van der Waals surface area contributed by atoms with E-state index in [0.717, 1.165) is 28.1 Å². The van der Waals surface area contributed by atoms with Crippen molar-refractivity contribution in [2.45, 2.75) is 32.8 Å². The van der Waals surface area contributed by atoms with E-state index in [1.165, 1.54) is 10.9 Å². The first kappa shape index (κ1) is 13.3. The van der Waals surface area contributed by atoms with Crippen LogP contribution in [0.2, 0.25) is 0 Å². The summed E-state index contributed by atoms with van der Waals surface area (Å²) in [6, 6.07) is 16.9. The first-order valence-electron chi connectivity index (χ1n) is 7.69. The molecule has 2 nitrogen and oxygen atoms in total. The molecule has 2 heteroatoms. The van der Waals surface area contributed by atoms with Crippen molar-refractivity contribution < 1.29 is 4.74 Å². The molecule has 22 heavy (non-hydrogen) atoms. The maximum absolute atomic E-state index is 5.86. The van der Waals surface area contributed by atoms with Crippen LogP contribution < -0.4 is 4.74 Å². The van der Waals surface area contributed by atoms with Gasteiger partial charge in [-0.15, -0.1) is 0 Å². The van der Waals surface area contributed by atoms with Crippen molar-refractivity contribution in [1.29, 1.82) is 0 Å². The van der Waals surface area contributed by atoms with Crippen molar-refractivity contribution in [3.63, 3.8) is 0 Å². The molecule has 0 unspecified atom stereocenters. The van der Waals surface area contributed by atoms with Gasteiger partial charge in [0.2, 0.25) is 0 Å². The fraction of sp³-hybridized carbons (Fsp3) is 0.250. The molecule has 2 aromatic carbocycles. The van der Waals surface area contributed by atoms with Gasteiger partial charge in [0.15, 0.2) is 0 Å². The molecule has 2 heterocycles. The average Bonchev–Trinajstić information content (AvgIpc) is 2.51. The molecule has 3 aromatic rings. The molecule has 0 bridgehead atoms. The molecule has 0 saturated heterocycles. The van der Waals surface area contributed by atoms with Gasteiger partial charge in [0, 0.05) is 16.5 Å². The molecule has 0 aliphatic carbocycles. The number of hydrogen-bond donors (Lipinski definition) is 0. The van der Waals surface area contributed by atoms with E-state index >= 15 is 0 Å². The molecule has 0 radical (unpaired) electrons. The van der Waals surface area contributed by atoms with Gasteiger partial charge in [-0.2, -0.15) is 0 Å². The van der Waals surface area contributed by atoms with E-state index in [0.29, 0.717) is 6.61 Å². The smallest absolute Gasteiger partial charge is 0.129 e. The molecule has 0 spiro atoms. The fourth-order valence-electron chi connectivity index (χ4n) is 2.97. The number of ether oxygens (including phenoxy) is 1. The van der Waals surface area contributed by atoms with Crippen molar-refractivity contribution in [1.82, 2.24) is 4.98 Å². The number of nitrogens with zero attached hydrogens (tertiary/aromatic N) is 1. The second-order valence-corrected chi connectivity index (χ2v) is 6.94.